The van der Waals surface area contributed by atoms with Crippen LogP contribution in [0.25, 0.3) is 0 Å². The molecule has 1 aliphatic heterocycles. The summed E-state index contributed by atoms with van der Waals surface area (Å²) in [5, 5.41) is 3.82. The summed E-state index contributed by atoms with van der Waals surface area (Å²) >= 11 is 0. The van der Waals surface area contributed by atoms with Crippen molar-refractivity contribution in [1.82, 2.24) is 10.2 Å². The normalized spacial score (nSPS) is 35.1. The first-order chi connectivity index (χ1) is 8.64. The van der Waals surface area contributed by atoms with E-state index in [-0.39, 0.29) is 0 Å². The molecule has 0 aromatic carbocycles. The number of rotatable bonds is 5. The van der Waals surface area contributed by atoms with Crippen LogP contribution in [0.2, 0.25) is 0 Å². The van der Waals surface area contributed by atoms with Gasteiger partial charge in [-0.2, -0.15) is 0 Å². The molecule has 2 nitrogen and oxygen atoms in total. The highest BCUT2D eigenvalue weighted by atomic mass is 15.3. The third-order valence-corrected chi connectivity index (χ3v) is 4.96. The first kappa shape index (κ1) is 13.9. The van der Waals surface area contributed by atoms with Crippen molar-refractivity contribution in [2.75, 3.05) is 13.1 Å². The lowest BCUT2D eigenvalue weighted by Gasteiger charge is -2.49. The van der Waals surface area contributed by atoms with E-state index in [2.05, 4.69) is 36.9 Å². The molecule has 0 amide bonds. The van der Waals surface area contributed by atoms with Gasteiger partial charge in [0.2, 0.25) is 0 Å². The molecule has 102 valence electrons. The zero-order valence-corrected chi connectivity index (χ0v) is 12.2. The van der Waals surface area contributed by atoms with Gasteiger partial charge in [-0.25, -0.2) is 0 Å². The standard InChI is InChI=1S/C16H28N2/c1-5-8-14(6-2)18-12-16(4,13-9-10-13)17-11-15(18)7-3/h1,13-15,17H,6-12H2,2-4H3. The second-order valence-electron chi connectivity index (χ2n) is 6.28. The van der Waals surface area contributed by atoms with E-state index >= 15 is 0 Å². The second kappa shape index (κ2) is 5.63. The summed E-state index contributed by atoms with van der Waals surface area (Å²) in [6.45, 7) is 9.28. The Bertz CT molecular complexity index is 316. The first-order valence-corrected chi connectivity index (χ1v) is 7.58. The van der Waals surface area contributed by atoms with Crippen LogP contribution in [0.3, 0.4) is 0 Å². The molecule has 3 unspecified atom stereocenters. The van der Waals surface area contributed by atoms with Gasteiger partial charge in [-0.15, -0.1) is 12.3 Å². The zero-order valence-electron chi connectivity index (χ0n) is 12.2. The number of piperazine rings is 1. The van der Waals surface area contributed by atoms with Crippen LogP contribution in [0.5, 0.6) is 0 Å². The Balaban J connectivity index is 2.09. The molecular formula is C16H28N2. The Morgan fingerprint density at radius 2 is 2.17 bits per heavy atom. The molecule has 0 radical (unpaired) electrons. The molecule has 0 spiro atoms. The summed E-state index contributed by atoms with van der Waals surface area (Å²) in [6, 6.07) is 1.23. The molecule has 1 N–H and O–H groups in total. The van der Waals surface area contributed by atoms with Crippen LogP contribution in [0, 0.1) is 18.3 Å². The number of hydrogen-bond acceptors (Lipinski definition) is 2. The van der Waals surface area contributed by atoms with E-state index in [4.69, 9.17) is 6.42 Å². The van der Waals surface area contributed by atoms with E-state index in [1.807, 2.05) is 0 Å². The molecule has 1 aliphatic carbocycles. The Labute approximate surface area is 113 Å². The van der Waals surface area contributed by atoms with E-state index in [1.165, 1.54) is 32.2 Å². The van der Waals surface area contributed by atoms with E-state index in [0.717, 1.165) is 18.9 Å². The van der Waals surface area contributed by atoms with Crippen molar-refractivity contribution >= 4 is 0 Å². The highest BCUT2D eigenvalue weighted by Crippen LogP contribution is 2.42. The lowest BCUT2D eigenvalue weighted by Crippen LogP contribution is -2.65. The van der Waals surface area contributed by atoms with Gasteiger partial charge in [0, 0.05) is 37.1 Å². The van der Waals surface area contributed by atoms with Gasteiger partial charge in [0.05, 0.1) is 0 Å². The van der Waals surface area contributed by atoms with Crippen LogP contribution < -0.4 is 5.32 Å². The van der Waals surface area contributed by atoms with Crippen molar-refractivity contribution in [3.8, 4) is 12.3 Å². The second-order valence-corrected chi connectivity index (χ2v) is 6.28. The summed E-state index contributed by atoms with van der Waals surface area (Å²) < 4.78 is 0. The molecule has 2 fully saturated rings. The van der Waals surface area contributed by atoms with E-state index in [9.17, 15) is 0 Å². The SMILES string of the molecule is C#CCC(CC)N1CC(C)(C2CC2)NCC1CC. The monoisotopic (exact) mass is 248 g/mol. The Hall–Kier alpha value is -0.520. The van der Waals surface area contributed by atoms with Crippen LogP contribution in [-0.4, -0.2) is 35.6 Å². The Morgan fingerprint density at radius 3 is 2.67 bits per heavy atom. The predicted octanol–water partition coefficient (Wildman–Crippen LogP) is 2.64. The van der Waals surface area contributed by atoms with Gasteiger partial charge in [-0.05, 0) is 38.5 Å². The summed E-state index contributed by atoms with van der Waals surface area (Å²) in [6.07, 6.45) is 11.6. The average molecular weight is 248 g/mol. The molecule has 0 aromatic heterocycles. The summed E-state index contributed by atoms with van der Waals surface area (Å²) in [7, 11) is 0. The average Bonchev–Trinajstić information content (AvgIpc) is 3.20. The van der Waals surface area contributed by atoms with Crippen LogP contribution in [-0.2, 0) is 0 Å². The lowest BCUT2D eigenvalue weighted by atomic mass is 9.88. The highest BCUT2D eigenvalue weighted by Gasteiger charge is 2.46. The molecule has 2 rings (SSSR count). The predicted molar refractivity (Wildman–Crippen MR) is 77.4 cm³/mol. The van der Waals surface area contributed by atoms with Gasteiger partial charge in [0.25, 0.3) is 0 Å². The van der Waals surface area contributed by atoms with Crippen LogP contribution >= 0.6 is 0 Å². The van der Waals surface area contributed by atoms with Gasteiger partial charge in [-0.3, -0.25) is 4.90 Å². The molecule has 3 atom stereocenters. The molecule has 0 aromatic rings. The van der Waals surface area contributed by atoms with Crippen LogP contribution in [0.4, 0.5) is 0 Å². The summed E-state index contributed by atoms with van der Waals surface area (Å²) in [5.74, 6) is 3.76. The van der Waals surface area contributed by atoms with Gasteiger partial charge in [0.1, 0.15) is 0 Å². The van der Waals surface area contributed by atoms with E-state index in [1.54, 1.807) is 0 Å². The van der Waals surface area contributed by atoms with Gasteiger partial charge in [0.15, 0.2) is 0 Å². The zero-order chi connectivity index (χ0) is 13.2. The molecule has 2 heteroatoms. The van der Waals surface area contributed by atoms with Gasteiger partial charge in [-0.1, -0.05) is 13.8 Å². The Kier molecular flexibility index (Phi) is 4.35. The fraction of sp³-hybridized carbons (Fsp3) is 0.875. The molecular weight excluding hydrogens is 220 g/mol. The summed E-state index contributed by atoms with van der Waals surface area (Å²) in [5.41, 5.74) is 0.327. The lowest BCUT2D eigenvalue weighted by molar-refractivity contribution is 0.0365. The van der Waals surface area contributed by atoms with Crippen LogP contribution in [0.15, 0.2) is 0 Å². The first-order valence-electron chi connectivity index (χ1n) is 7.58. The van der Waals surface area contributed by atoms with Gasteiger partial charge >= 0.3 is 0 Å². The van der Waals surface area contributed by atoms with Crippen molar-refractivity contribution in [2.45, 2.75) is 70.5 Å². The molecule has 1 heterocycles. The Morgan fingerprint density at radius 1 is 1.44 bits per heavy atom. The quantitative estimate of drug-likeness (QED) is 0.753. The molecule has 1 saturated carbocycles. The maximum Gasteiger partial charge on any atom is 0.0309 e. The number of nitrogens with one attached hydrogen (secondary N) is 1. The maximum absolute atomic E-state index is 5.55. The minimum atomic E-state index is 0.327. The van der Waals surface area contributed by atoms with Crippen LogP contribution in [0.1, 0.15) is 52.9 Å². The minimum Gasteiger partial charge on any atom is -0.308 e. The molecule has 0 bridgehead atoms. The molecule has 2 aliphatic rings. The molecule has 1 saturated heterocycles. The van der Waals surface area contributed by atoms with Crippen molar-refractivity contribution in [3.05, 3.63) is 0 Å². The number of hydrogen-bond donors (Lipinski definition) is 1. The topological polar surface area (TPSA) is 15.3 Å². The largest absolute Gasteiger partial charge is 0.308 e. The maximum atomic E-state index is 5.55. The fourth-order valence-corrected chi connectivity index (χ4v) is 3.46. The van der Waals surface area contributed by atoms with Crippen molar-refractivity contribution in [1.29, 1.82) is 0 Å². The third kappa shape index (κ3) is 2.73. The summed E-state index contributed by atoms with van der Waals surface area (Å²) in [4.78, 5) is 2.70. The van der Waals surface area contributed by atoms with E-state index in [0.29, 0.717) is 17.6 Å². The molecule has 18 heavy (non-hydrogen) atoms. The third-order valence-electron chi connectivity index (χ3n) is 4.96. The van der Waals surface area contributed by atoms with Gasteiger partial charge < -0.3 is 5.32 Å². The fourth-order valence-electron chi connectivity index (χ4n) is 3.46. The number of terminal acetylenes is 1. The van der Waals surface area contributed by atoms with Crippen molar-refractivity contribution < 1.29 is 0 Å². The van der Waals surface area contributed by atoms with E-state index < -0.39 is 0 Å². The highest BCUT2D eigenvalue weighted by molar-refractivity contribution is 5.06. The minimum absolute atomic E-state index is 0.327. The number of nitrogens with zero attached hydrogens (tertiary/aromatic N) is 1. The van der Waals surface area contributed by atoms with Crippen molar-refractivity contribution in [3.63, 3.8) is 0 Å². The smallest absolute Gasteiger partial charge is 0.0309 e. The van der Waals surface area contributed by atoms with Crippen molar-refractivity contribution in [2.24, 2.45) is 5.92 Å².